The van der Waals surface area contributed by atoms with Crippen molar-refractivity contribution in [3.8, 4) is 5.75 Å². The number of benzene rings is 2. The van der Waals surface area contributed by atoms with Crippen LogP contribution in [0.2, 0.25) is 5.02 Å². The first-order valence-corrected chi connectivity index (χ1v) is 14.7. The van der Waals surface area contributed by atoms with Crippen LogP contribution in [0, 0.1) is 11.7 Å². The van der Waals surface area contributed by atoms with Crippen LogP contribution in [0.4, 0.5) is 26.7 Å². The van der Waals surface area contributed by atoms with Crippen molar-refractivity contribution in [3.63, 3.8) is 0 Å². The fourth-order valence-corrected chi connectivity index (χ4v) is 5.47. The molecule has 246 valence electrons. The van der Waals surface area contributed by atoms with E-state index in [1.807, 2.05) is 0 Å². The summed E-state index contributed by atoms with van der Waals surface area (Å²) in [4.78, 5) is 30.6. The number of alkyl halides is 4. The van der Waals surface area contributed by atoms with Gasteiger partial charge >= 0.3 is 18.6 Å². The van der Waals surface area contributed by atoms with Crippen molar-refractivity contribution in [1.82, 2.24) is 20.9 Å². The Labute approximate surface area is 267 Å². The van der Waals surface area contributed by atoms with Gasteiger partial charge in [0.1, 0.15) is 17.1 Å². The standard InChI is InChI=1S/C32H32ClF5N4O4/c1-19(43)11-12-39-28(44)21-7-9-25(13-21)41-30(45)42-31(17-20-5-3-2-4-6-20,27-10-8-23(33)18-40-27)22-14-24(34)16-26(15-22)46-32(37,38)29(35)36/h2-6,8,10,14-16,18,21,25,29,43H,1,7,9,11-13,17H2,(H,39,44)(H2,41,42,45)/t21-,25+,31-/m0/s1. The Balaban J connectivity index is 1.69. The monoisotopic (exact) mass is 666 g/mol. The second kappa shape index (κ2) is 14.8. The Morgan fingerprint density at radius 3 is 2.50 bits per heavy atom. The summed E-state index contributed by atoms with van der Waals surface area (Å²) in [5.41, 5.74) is -1.15. The summed E-state index contributed by atoms with van der Waals surface area (Å²) in [5, 5.41) is 17.9. The van der Waals surface area contributed by atoms with Crippen molar-refractivity contribution >= 4 is 23.5 Å². The van der Waals surface area contributed by atoms with Gasteiger partial charge in [-0.25, -0.2) is 9.18 Å². The number of nitrogens with zero attached hydrogens (tertiary/aromatic N) is 1. The predicted molar refractivity (Wildman–Crippen MR) is 160 cm³/mol. The molecular weight excluding hydrogens is 635 g/mol. The number of carbonyl (C=O) groups excluding carboxylic acids is 2. The highest BCUT2D eigenvalue weighted by molar-refractivity contribution is 6.30. The minimum absolute atomic E-state index is 0.0585. The van der Waals surface area contributed by atoms with Crippen LogP contribution >= 0.6 is 11.6 Å². The van der Waals surface area contributed by atoms with Crippen molar-refractivity contribution in [2.45, 2.75) is 56.2 Å². The van der Waals surface area contributed by atoms with Crippen LogP contribution < -0.4 is 20.7 Å². The van der Waals surface area contributed by atoms with E-state index < -0.39 is 47.6 Å². The maximum absolute atomic E-state index is 15.0. The maximum atomic E-state index is 15.0. The van der Waals surface area contributed by atoms with Gasteiger partial charge in [-0.15, -0.1) is 0 Å². The smallest absolute Gasteiger partial charge is 0.461 e. The van der Waals surface area contributed by atoms with Gasteiger partial charge in [0.25, 0.3) is 0 Å². The summed E-state index contributed by atoms with van der Waals surface area (Å²) in [6.07, 6.45) is -6.46. The lowest BCUT2D eigenvalue weighted by Gasteiger charge is -2.36. The highest BCUT2D eigenvalue weighted by atomic mass is 35.5. The van der Waals surface area contributed by atoms with Gasteiger partial charge in [0.15, 0.2) is 0 Å². The normalized spacial score (nSPS) is 17.6. The number of aromatic nitrogens is 1. The SMILES string of the molecule is C=C(O)CCNC(=O)[C@H]1CC[C@@H](NC(=O)N[C@@](Cc2ccccc2)(c2cc(F)cc(OC(F)(F)C(F)F)c2)c2ccc(Cl)cn2)C1. The molecule has 0 bridgehead atoms. The van der Waals surface area contributed by atoms with Crippen LogP contribution in [0.15, 0.2) is 79.2 Å². The molecule has 0 aliphatic heterocycles. The first-order chi connectivity index (χ1) is 21.8. The number of rotatable bonds is 13. The van der Waals surface area contributed by atoms with Crippen LogP contribution in [0.1, 0.15) is 42.5 Å². The summed E-state index contributed by atoms with van der Waals surface area (Å²) in [6, 6.07) is 12.8. The van der Waals surface area contributed by atoms with E-state index in [0.29, 0.717) is 30.9 Å². The molecule has 0 spiro atoms. The van der Waals surface area contributed by atoms with Crippen molar-refractivity contribution in [1.29, 1.82) is 0 Å². The number of ether oxygens (including phenoxy) is 1. The second-order valence-corrected chi connectivity index (χ2v) is 11.4. The third kappa shape index (κ3) is 8.87. The number of aliphatic hydroxyl groups is 1. The lowest BCUT2D eigenvalue weighted by molar-refractivity contribution is -0.253. The molecule has 0 saturated heterocycles. The van der Waals surface area contributed by atoms with E-state index in [-0.39, 0.29) is 47.3 Å². The zero-order valence-corrected chi connectivity index (χ0v) is 25.2. The second-order valence-electron chi connectivity index (χ2n) is 11.0. The van der Waals surface area contributed by atoms with Crippen LogP contribution in [0.5, 0.6) is 5.75 Å². The van der Waals surface area contributed by atoms with Gasteiger partial charge in [0, 0.05) is 43.6 Å². The number of hydrogen-bond donors (Lipinski definition) is 4. The Hall–Kier alpha value is -4.39. The molecule has 3 atom stereocenters. The lowest BCUT2D eigenvalue weighted by Crippen LogP contribution is -2.54. The van der Waals surface area contributed by atoms with E-state index in [2.05, 4.69) is 32.3 Å². The Morgan fingerprint density at radius 1 is 1.11 bits per heavy atom. The Bertz CT molecular complexity index is 1530. The minimum atomic E-state index is -4.92. The van der Waals surface area contributed by atoms with Crippen molar-refractivity contribution in [3.05, 3.63) is 107 Å². The molecule has 1 aliphatic carbocycles. The van der Waals surface area contributed by atoms with Gasteiger partial charge in [0.05, 0.1) is 16.5 Å². The lowest BCUT2D eigenvalue weighted by atomic mass is 9.80. The average molecular weight is 667 g/mol. The predicted octanol–water partition coefficient (Wildman–Crippen LogP) is 6.64. The zero-order chi connectivity index (χ0) is 33.5. The first kappa shape index (κ1) is 34.5. The van der Waals surface area contributed by atoms with Gasteiger partial charge in [-0.3, -0.25) is 9.78 Å². The molecule has 1 fully saturated rings. The first-order valence-electron chi connectivity index (χ1n) is 14.3. The molecule has 1 aliphatic rings. The molecule has 1 saturated carbocycles. The number of hydrogen-bond acceptors (Lipinski definition) is 5. The van der Waals surface area contributed by atoms with E-state index in [1.165, 1.54) is 18.3 Å². The number of pyridine rings is 1. The summed E-state index contributed by atoms with van der Waals surface area (Å²) >= 11 is 6.08. The summed E-state index contributed by atoms with van der Waals surface area (Å²) in [5.74, 6) is -2.69. The van der Waals surface area contributed by atoms with Crippen molar-refractivity contribution < 1.29 is 41.4 Å². The third-order valence-electron chi connectivity index (χ3n) is 7.53. The molecule has 2 aromatic carbocycles. The molecule has 1 heterocycles. The molecule has 1 aromatic heterocycles. The van der Waals surface area contributed by atoms with Crippen LogP contribution in [-0.4, -0.2) is 47.1 Å². The van der Waals surface area contributed by atoms with Crippen LogP contribution in [0.3, 0.4) is 0 Å². The third-order valence-corrected chi connectivity index (χ3v) is 7.75. The fraction of sp³-hybridized carbons (Fsp3) is 0.344. The summed E-state index contributed by atoms with van der Waals surface area (Å²) < 4.78 is 73.0. The van der Waals surface area contributed by atoms with Gasteiger partial charge < -0.3 is 25.8 Å². The molecule has 3 aromatic rings. The van der Waals surface area contributed by atoms with E-state index in [9.17, 15) is 32.3 Å². The highest BCUT2D eigenvalue weighted by Crippen LogP contribution is 2.37. The van der Waals surface area contributed by atoms with Crippen molar-refractivity contribution in [2.24, 2.45) is 5.92 Å². The summed E-state index contributed by atoms with van der Waals surface area (Å²) in [7, 11) is 0. The van der Waals surface area contributed by atoms with E-state index in [4.69, 9.17) is 11.6 Å². The Kier molecular flexibility index (Phi) is 11.1. The largest absolute Gasteiger partial charge is 0.513 e. The fourth-order valence-electron chi connectivity index (χ4n) is 5.36. The molecular formula is C32H32ClF5N4O4. The van der Waals surface area contributed by atoms with Crippen LogP contribution in [0.25, 0.3) is 0 Å². The molecule has 4 rings (SSSR count). The topological polar surface area (TPSA) is 113 Å². The Morgan fingerprint density at radius 2 is 1.85 bits per heavy atom. The van der Waals surface area contributed by atoms with Gasteiger partial charge in [-0.2, -0.15) is 17.6 Å². The van der Waals surface area contributed by atoms with Gasteiger partial charge in [-0.1, -0.05) is 48.5 Å². The highest BCUT2D eigenvalue weighted by Gasteiger charge is 2.45. The molecule has 4 N–H and O–H groups in total. The van der Waals surface area contributed by atoms with Gasteiger partial charge in [0.2, 0.25) is 5.91 Å². The van der Waals surface area contributed by atoms with E-state index >= 15 is 4.39 Å². The molecule has 0 radical (unpaired) electrons. The molecule has 14 heteroatoms. The minimum Gasteiger partial charge on any atom is -0.513 e. The molecule has 8 nitrogen and oxygen atoms in total. The molecule has 0 unspecified atom stereocenters. The number of carbonyl (C=O) groups is 2. The van der Waals surface area contributed by atoms with E-state index in [1.54, 1.807) is 30.3 Å². The van der Waals surface area contributed by atoms with E-state index in [0.717, 1.165) is 12.1 Å². The van der Waals surface area contributed by atoms with Crippen LogP contribution in [-0.2, 0) is 16.8 Å². The number of amides is 3. The molecule has 3 amide bonds. The van der Waals surface area contributed by atoms with Gasteiger partial charge in [-0.05, 0) is 54.7 Å². The average Bonchev–Trinajstić information content (AvgIpc) is 3.45. The number of aliphatic hydroxyl groups excluding tert-OH is 1. The maximum Gasteiger partial charge on any atom is 0.461 e. The number of nitrogens with one attached hydrogen (secondary N) is 3. The number of halogens is 6. The molecule has 46 heavy (non-hydrogen) atoms. The zero-order valence-electron chi connectivity index (χ0n) is 24.4. The number of urea groups is 1. The quantitative estimate of drug-likeness (QED) is 0.121. The van der Waals surface area contributed by atoms with Crippen molar-refractivity contribution in [2.75, 3.05) is 6.54 Å². The summed E-state index contributed by atoms with van der Waals surface area (Å²) in [6.45, 7) is 3.59.